The molecule has 86 valence electrons. The van der Waals surface area contributed by atoms with Crippen LogP contribution in [0.2, 0.25) is 0 Å². The number of nitrogens with zero attached hydrogens (tertiary/aromatic N) is 1. The Morgan fingerprint density at radius 2 is 1.67 bits per heavy atom. The minimum absolute atomic E-state index is 0.346. The molecule has 0 bridgehead atoms. The predicted molar refractivity (Wildman–Crippen MR) is 61.7 cm³/mol. The first-order chi connectivity index (χ1) is 7.43. The summed E-state index contributed by atoms with van der Waals surface area (Å²) in [5.74, 6) is 1.11. The Bertz CT molecular complexity index is 222. The molecule has 0 atom stereocenters. The van der Waals surface area contributed by atoms with E-state index in [4.69, 9.17) is 5.11 Å². The summed E-state index contributed by atoms with van der Waals surface area (Å²) in [4.78, 5) is 7.31. The number of hydrogen-bond donors (Lipinski definition) is 2. The fraction of sp³-hybridized carbons (Fsp3) is 0.750. The molecule has 0 aliphatic heterocycles. The number of aliphatic hydroxyl groups excluding tert-OH is 1. The minimum Gasteiger partial charge on any atom is -0.396 e. The van der Waals surface area contributed by atoms with E-state index in [1.807, 2.05) is 12.4 Å². The highest BCUT2D eigenvalue weighted by atomic mass is 16.2. The molecule has 0 amide bonds. The molecule has 0 aliphatic carbocycles. The van der Waals surface area contributed by atoms with Gasteiger partial charge >= 0.3 is 0 Å². The Morgan fingerprint density at radius 1 is 1.00 bits per heavy atom. The van der Waals surface area contributed by atoms with E-state index in [0.717, 1.165) is 18.7 Å². The maximum Gasteiger partial charge on any atom is 0.105 e. The van der Waals surface area contributed by atoms with Crippen molar-refractivity contribution in [1.82, 2.24) is 9.97 Å². The number of aliphatic hydroxyl groups is 1. The summed E-state index contributed by atoms with van der Waals surface area (Å²) in [6.45, 7) is 0.346. The Hall–Kier alpha value is -0.830. The number of unbranched alkanes of at least 4 members (excludes halogenated alkanes) is 6. The lowest BCUT2D eigenvalue weighted by Gasteiger charge is -2.00. The average Bonchev–Trinajstić information content (AvgIpc) is 2.75. The largest absolute Gasteiger partial charge is 0.396 e. The average molecular weight is 210 g/mol. The molecule has 2 N–H and O–H groups in total. The molecule has 1 rings (SSSR count). The van der Waals surface area contributed by atoms with Crippen LogP contribution in [0.4, 0.5) is 0 Å². The maximum absolute atomic E-state index is 8.60. The van der Waals surface area contributed by atoms with Crippen molar-refractivity contribution in [2.45, 2.75) is 51.4 Å². The van der Waals surface area contributed by atoms with E-state index in [1.54, 1.807) is 0 Å². The van der Waals surface area contributed by atoms with E-state index in [1.165, 1.54) is 38.5 Å². The van der Waals surface area contributed by atoms with Crippen LogP contribution in [0.1, 0.15) is 50.8 Å². The quantitative estimate of drug-likeness (QED) is 0.616. The molecule has 1 heterocycles. The second-order valence-electron chi connectivity index (χ2n) is 3.98. The van der Waals surface area contributed by atoms with Crippen molar-refractivity contribution in [3.8, 4) is 0 Å². The molecule has 0 saturated carbocycles. The van der Waals surface area contributed by atoms with Gasteiger partial charge in [0.2, 0.25) is 0 Å². The zero-order chi connectivity index (χ0) is 10.8. The zero-order valence-corrected chi connectivity index (χ0v) is 9.41. The topological polar surface area (TPSA) is 48.9 Å². The van der Waals surface area contributed by atoms with E-state index in [0.29, 0.717) is 6.61 Å². The van der Waals surface area contributed by atoms with E-state index in [-0.39, 0.29) is 0 Å². The molecule has 0 aliphatic rings. The van der Waals surface area contributed by atoms with Gasteiger partial charge in [-0.2, -0.15) is 0 Å². The summed E-state index contributed by atoms with van der Waals surface area (Å²) in [7, 11) is 0. The number of aromatic amines is 1. The summed E-state index contributed by atoms with van der Waals surface area (Å²) < 4.78 is 0. The third-order valence-corrected chi connectivity index (χ3v) is 2.63. The molecule has 0 radical (unpaired) electrons. The van der Waals surface area contributed by atoms with Crippen LogP contribution < -0.4 is 0 Å². The highest BCUT2D eigenvalue weighted by Crippen LogP contribution is 2.08. The molecule has 0 fully saturated rings. The first-order valence-electron chi connectivity index (χ1n) is 6.02. The number of nitrogens with one attached hydrogen (secondary N) is 1. The Kier molecular flexibility index (Phi) is 6.92. The Labute approximate surface area is 91.9 Å². The van der Waals surface area contributed by atoms with Gasteiger partial charge in [-0.25, -0.2) is 4.98 Å². The number of aromatic nitrogens is 2. The first kappa shape index (κ1) is 12.2. The van der Waals surface area contributed by atoms with Crippen LogP contribution in [0, 0.1) is 0 Å². The molecular weight excluding hydrogens is 188 g/mol. The van der Waals surface area contributed by atoms with Gasteiger partial charge in [0.25, 0.3) is 0 Å². The van der Waals surface area contributed by atoms with Crippen molar-refractivity contribution in [2.24, 2.45) is 0 Å². The standard InChI is InChI=1S/C12H22N2O/c15-11-7-5-3-1-2-4-6-8-12-13-9-10-14-12/h9-10,15H,1-8,11H2,(H,13,14). The molecule has 0 spiro atoms. The van der Waals surface area contributed by atoms with Crippen molar-refractivity contribution in [2.75, 3.05) is 6.61 Å². The highest BCUT2D eigenvalue weighted by molar-refractivity contribution is 4.86. The van der Waals surface area contributed by atoms with Gasteiger partial charge in [0.05, 0.1) is 0 Å². The van der Waals surface area contributed by atoms with Gasteiger partial charge in [0, 0.05) is 25.4 Å². The zero-order valence-electron chi connectivity index (χ0n) is 9.41. The summed E-state index contributed by atoms with van der Waals surface area (Å²) in [6, 6.07) is 0. The van der Waals surface area contributed by atoms with E-state index < -0.39 is 0 Å². The fourth-order valence-electron chi connectivity index (χ4n) is 1.72. The van der Waals surface area contributed by atoms with Crippen LogP contribution >= 0.6 is 0 Å². The lowest BCUT2D eigenvalue weighted by molar-refractivity contribution is 0.282. The third-order valence-electron chi connectivity index (χ3n) is 2.63. The third kappa shape index (κ3) is 6.28. The molecule has 1 aromatic heterocycles. The summed E-state index contributed by atoms with van der Waals surface area (Å²) in [5.41, 5.74) is 0. The van der Waals surface area contributed by atoms with Crippen molar-refractivity contribution in [3.05, 3.63) is 18.2 Å². The molecule has 1 aromatic rings. The molecule has 15 heavy (non-hydrogen) atoms. The highest BCUT2D eigenvalue weighted by Gasteiger charge is 1.95. The summed E-state index contributed by atoms with van der Waals surface area (Å²) in [5, 5.41) is 8.60. The van der Waals surface area contributed by atoms with Crippen LogP contribution in [0.25, 0.3) is 0 Å². The molecule has 3 nitrogen and oxygen atoms in total. The monoisotopic (exact) mass is 210 g/mol. The van der Waals surface area contributed by atoms with Gasteiger partial charge in [-0.1, -0.05) is 32.1 Å². The van der Waals surface area contributed by atoms with E-state index in [9.17, 15) is 0 Å². The molecule has 0 unspecified atom stereocenters. The molecule has 0 saturated heterocycles. The van der Waals surface area contributed by atoms with Gasteiger partial charge in [0.1, 0.15) is 5.82 Å². The predicted octanol–water partition coefficient (Wildman–Crippen LogP) is 2.68. The van der Waals surface area contributed by atoms with Crippen LogP contribution in [-0.2, 0) is 6.42 Å². The van der Waals surface area contributed by atoms with Crippen LogP contribution in [-0.4, -0.2) is 21.7 Å². The van der Waals surface area contributed by atoms with Crippen molar-refractivity contribution in [1.29, 1.82) is 0 Å². The number of hydrogen-bond acceptors (Lipinski definition) is 2. The fourth-order valence-corrected chi connectivity index (χ4v) is 1.72. The minimum atomic E-state index is 0.346. The normalized spacial score (nSPS) is 10.7. The van der Waals surface area contributed by atoms with E-state index >= 15 is 0 Å². The number of imidazole rings is 1. The molecule has 0 aromatic carbocycles. The lowest BCUT2D eigenvalue weighted by atomic mass is 10.1. The van der Waals surface area contributed by atoms with Crippen molar-refractivity contribution >= 4 is 0 Å². The van der Waals surface area contributed by atoms with Crippen molar-refractivity contribution < 1.29 is 5.11 Å². The first-order valence-corrected chi connectivity index (χ1v) is 6.02. The van der Waals surface area contributed by atoms with Crippen LogP contribution in [0.5, 0.6) is 0 Å². The Morgan fingerprint density at radius 3 is 2.27 bits per heavy atom. The SMILES string of the molecule is OCCCCCCCCCc1ncc[nH]1. The van der Waals surface area contributed by atoms with Crippen LogP contribution in [0.15, 0.2) is 12.4 Å². The number of rotatable bonds is 9. The van der Waals surface area contributed by atoms with Crippen LogP contribution in [0.3, 0.4) is 0 Å². The second-order valence-corrected chi connectivity index (χ2v) is 3.98. The summed E-state index contributed by atoms with van der Waals surface area (Å²) >= 11 is 0. The summed E-state index contributed by atoms with van der Waals surface area (Å²) in [6.07, 6.45) is 13.3. The van der Waals surface area contributed by atoms with Gasteiger partial charge in [0.15, 0.2) is 0 Å². The Balaban J connectivity index is 1.81. The maximum atomic E-state index is 8.60. The van der Waals surface area contributed by atoms with Crippen molar-refractivity contribution in [3.63, 3.8) is 0 Å². The van der Waals surface area contributed by atoms with Gasteiger partial charge in [-0.3, -0.25) is 0 Å². The molecular formula is C12H22N2O. The number of aryl methyl sites for hydroxylation is 1. The van der Waals surface area contributed by atoms with Gasteiger partial charge in [-0.05, 0) is 12.8 Å². The second kappa shape index (κ2) is 8.48. The number of H-pyrrole nitrogens is 1. The molecule has 3 heteroatoms. The lowest BCUT2D eigenvalue weighted by Crippen LogP contribution is -1.89. The van der Waals surface area contributed by atoms with E-state index in [2.05, 4.69) is 9.97 Å². The van der Waals surface area contributed by atoms with Gasteiger partial charge < -0.3 is 10.1 Å². The smallest absolute Gasteiger partial charge is 0.105 e. The van der Waals surface area contributed by atoms with Gasteiger partial charge in [-0.15, -0.1) is 0 Å².